The molecule has 0 fully saturated rings. The fraction of sp³-hybridized carbons (Fsp3) is 0.176. The lowest BCUT2D eigenvalue weighted by Crippen LogP contribution is -2.06. The Morgan fingerprint density at radius 3 is 2.62 bits per heavy atom. The van der Waals surface area contributed by atoms with Gasteiger partial charge >= 0.3 is 0 Å². The van der Waals surface area contributed by atoms with E-state index in [1.54, 1.807) is 0 Å². The fourth-order valence-corrected chi connectivity index (χ4v) is 2.30. The molecule has 4 nitrogen and oxygen atoms in total. The van der Waals surface area contributed by atoms with Crippen LogP contribution in [0.25, 0.3) is 11.0 Å². The molecule has 1 aromatic heterocycles. The SMILES string of the molecule is N#CCc1nc2ccccc2n1COCc1ccccc1. The zero-order chi connectivity index (χ0) is 14.5. The number of hydrogen-bond acceptors (Lipinski definition) is 3. The Morgan fingerprint density at radius 1 is 1.05 bits per heavy atom. The van der Waals surface area contributed by atoms with Crippen molar-refractivity contribution in [3.63, 3.8) is 0 Å². The highest BCUT2D eigenvalue weighted by molar-refractivity contribution is 5.75. The summed E-state index contributed by atoms with van der Waals surface area (Å²) in [4.78, 5) is 4.49. The smallest absolute Gasteiger partial charge is 0.126 e. The molecule has 0 bridgehead atoms. The van der Waals surface area contributed by atoms with Gasteiger partial charge in [-0.05, 0) is 17.7 Å². The van der Waals surface area contributed by atoms with Gasteiger partial charge in [0.2, 0.25) is 0 Å². The Kier molecular flexibility index (Phi) is 3.95. The lowest BCUT2D eigenvalue weighted by atomic mass is 10.2. The van der Waals surface area contributed by atoms with Crippen molar-refractivity contribution < 1.29 is 4.74 Å². The summed E-state index contributed by atoms with van der Waals surface area (Å²) in [6, 6.07) is 20.0. The zero-order valence-corrected chi connectivity index (χ0v) is 11.6. The van der Waals surface area contributed by atoms with E-state index < -0.39 is 0 Å². The molecular formula is C17H15N3O. The first-order valence-electron chi connectivity index (χ1n) is 6.81. The zero-order valence-electron chi connectivity index (χ0n) is 11.6. The Morgan fingerprint density at radius 2 is 1.81 bits per heavy atom. The van der Waals surface area contributed by atoms with Crippen LogP contribution in [-0.4, -0.2) is 9.55 Å². The van der Waals surface area contributed by atoms with Gasteiger partial charge < -0.3 is 9.30 Å². The number of nitrogens with zero attached hydrogens (tertiary/aromatic N) is 3. The fourth-order valence-electron chi connectivity index (χ4n) is 2.30. The van der Waals surface area contributed by atoms with Gasteiger partial charge in [-0.3, -0.25) is 0 Å². The standard InChI is InChI=1S/C17H15N3O/c18-11-10-17-19-15-8-4-5-9-16(15)20(17)13-21-12-14-6-2-1-3-7-14/h1-9H,10,12-13H2. The van der Waals surface area contributed by atoms with E-state index in [4.69, 9.17) is 10.00 Å². The summed E-state index contributed by atoms with van der Waals surface area (Å²) in [5.41, 5.74) is 3.02. The summed E-state index contributed by atoms with van der Waals surface area (Å²) in [6.45, 7) is 0.936. The number of fused-ring (bicyclic) bond motifs is 1. The van der Waals surface area contributed by atoms with E-state index in [-0.39, 0.29) is 6.42 Å². The predicted octanol–water partition coefficient (Wildman–Crippen LogP) is 3.28. The van der Waals surface area contributed by atoms with E-state index in [0.717, 1.165) is 22.4 Å². The summed E-state index contributed by atoms with van der Waals surface area (Å²) in [5.74, 6) is 0.742. The Labute approximate surface area is 123 Å². The Bertz CT molecular complexity index is 772. The molecule has 3 aromatic rings. The molecule has 0 saturated carbocycles. The van der Waals surface area contributed by atoms with Gasteiger partial charge in [-0.25, -0.2) is 4.98 Å². The number of hydrogen-bond donors (Lipinski definition) is 0. The third-order valence-corrected chi connectivity index (χ3v) is 3.30. The van der Waals surface area contributed by atoms with Crippen LogP contribution in [0, 0.1) is 11.3 Å². The maximum Gasteiger partial charge on any atom is 0.126 e. The minimum absolute atomic E-state index is 0.281. The highest BCUT2D eigenvalue weighted by atomic mass is 16.5. The molecule has 0 unspecified atom stereocenters. The first-order chi connectivity index (χ1) is 10.4. The van der Waals surface area contributed by atoms with E-state index in [1.165, 1.54) is 0 Å². The minimum Gasteiger partial charge on any atom is -0.356 e. The second-order valence-electron chi connectivity index (χ2n) is 4.74. The van der Waals surface area contributed by atoms with Gasteiger partial charge in [0.25, 0.3) is 0 Å². The van der Waals surface area contributed by atoms with Crippen molar-refractivity contribution in [2.24, 2.45) is 0 Å². The quantitative estimate of drug-likeness (QED) is 0.719. The van der Waals surface area contributed by atoms with Gasteiger partial charge in [0.05, 0.1) is 30.1 Å². The second kappa shape index (κ2) is 6.21. The van der Waals surface area contributed by atoms with Crippen molar-refractivity contribution in [2.45, 2.75) is 19.8 Å². The van der Waals surface area contributed by atoms with Crippen LogP contribution in [0.5, 0.6) is 0 Å². The maximum atomic E-state index is 8.93. The highest BCUT2D eigenvalue weighted by Crippen LogP contribution is 2.16. The number of ether oxygens (including phenoxy) is 1. The average molecular weight is 277 g/mol. The molecule has 0 atom stereocenters. The first-order valence-corrected chi connectivity index (χ1v) is 6.81. The summed E-state index contributed by atoms with van der Waals surface area (Å²) >= 11 is 0. The van der Waals surface area contributed by atoms with E-state index in [0.29, 0.717) is 13.3 Å². The normalized spacial score (nSPS) is 10.6. The third-order valence-electron chi connectivity index (χ3n) is 3.30. The van der Waals surface area contributed by atoms with Crippen LogP contribution >= 0.6 is 0 Å². The maximum absolute atomic E-state index is 8.93. The van der Waals surface area contributed by atoms with Crippen molar-refractivity contribution in [2.75, 3.05) is 0 Å². The molecule has 0 aliphatic carbocycles. The molecule has 0 aliphatic heterocycles. The topological polar surface area (TPSA) is 50.8 Å². The monoisotopic (exact) mass is 277 g/mol. The number of imidazole rings is 1. The van der Waals surface area contributed by atoms with Crippen LogP contribution in [0.4, 0.5) is 0 Å². The number of nitriles is 1. The first kappa shape index (κ1) is 13.3. The van der Waals surface area contributed by atoms with Crippen molar-refractivity contribution in [1.82, 2.24) is 9.55 Å². The molecule has 0 spiro atoms. The Balaban J connectivity index is 1.79. The number of benzene rings is 2. The molecule has 0 radical (unpaired) electrons. The molecule has 2 aromatic carbocycles. The van der Waals surface area contributed by atoms with E-state index in [2.05, 4.69) is 11.1 Å². The van der Waals surface area contributed by atoms with Crippen LogP contribution in [0.1, 0.15) is 11.4 Å². The van der Waals surface area contributed by atoms with Gasteiger partial charge in [0.1, 0.15) is 12.6 Å². The Hall–Kier alpha value is -2.64. The molecular weight excluding hydrogens is 262 g/mol. The molecule has 1 heterocycles. The van der Waals surface area contributed by atoms with Gasteiger partial charge in [0.15, 0.2) is 0 Å². The average Bonchev–Trinajstić information content (AvgIpc) is 2.87. The largest absolute Gasteiger partial charge is 0.356 e. The lowest BCUT2D eigenvalue weighted by Gasteiger charge is -2.09. The van der Waals surface area contributed by atoms with Crippen LogP contribution in [0.2, 0.25) is 0 Å². The van der Waals surface area contributed by atoms with Gasteiger partial charge in [-0.15, -0.1) is 0 Å². The molecule has 3 rings (SSSR count). The molecule has 4 heteroatoms. The van der Waals surface area contributed by atoms with Crippen LogP contribution in [0.3, 0.4) is 0 Å². The highest BCUT2D eigenvalue weighted by Gasteiger charge is 2.09. The van der Waals surface area contributed by atoms with Crippen molar-refractivity contribution in [3.05, 3.63) is 66.0 Å². The molecule has 21 heavy (non-hydrogen) atoms. The van der Waals surface area contributed by atoms with Crippen molar-refractivity contribution >= 4 is 11.0 Å². The van der Waals surface area contributed by atoms with Crippen LogP contribution in [-0.2, 0) is 24.5 Å². The van der Waals surface area contributed by atoms with Crippen molar-refractivity contribution in [1.29, 1.82) is 5.26 Å². The lowest BCUT2D eigenvalue weighted by molar-refractivity contribution is 0.0649. The van der Waals surface area contributed by atoms with Crippen molar-refractivity contribution in [3.8, 4) is 6.07 Å². The predicted molar refractivity (Wildman–Crippen MR) is 80.3 cm³/mol. The van der Waals surface area contributed by atoms with Gasteiger partial charge in [-0.1, -0.05) is 42.5 Å². The number of rotatable bonds is 5. The van der Waals surface area contributed by atoms with Crippen LogP contribution < -0.4 is 0 Å². The molecule has 0 N–H and O–H groups in total. The second-order valence-corrected chi connectivity index (χ2v) is 4.74. The third kappa shape index (κ3) is 2.93. The molecule has 0 aliphatic rings. The summed E-state index contributed by atoms with van der Waals surface area (Å²) < 4.78 is 7.73. The summed E-state index contributed by atoms with van der Waals surface area (Å²) in [6.07, 6.45) is 0.281. The number of aromatic nitrogens is 2. The van der Waals surface area contributed by atoms with E-state index in [9.17, 15) is 0 Å². The van der Waals surface area contributed by atoms with Gasteiger partial charge in [-0.2, -0.15) is 5.26 Å². The van der Waals surface area contributed by atoms with Crippen LogP contribution in [0.15, 0.2) is 54.6 Å². The number of para-hydroxylation sites is 2. The molecule has 104 valence electrons. The summed E-state index contributed by atoms with van der Waals surface area (Å²) in [7, 11) is 0. The van der Waals surface area contributed by atoms with E-state index in [1.807, 2.05) is 59.2 Å². The molecule has 0 saturated heterocycles. The van der Waals surface area contributed by atoms with E-state index >= 15 is 0 Å². The molecule has 0 amide bonds. The minimum atomic E-state index is 0.281. The summed E-state index contributed by atoms with van der Waals surface area (Å²) in [5, 5.41) is 8.93. The van der Waals surface area contributed by atoms with Gasteiger partial charge in [0, 0.05) is 0 Å².